The van der Waals surface area contributed by atoms with Gasteiger partial charge in [0.25, 0.3) is 0 Å². The molecule has 1 N–H and O–H groups in total. The van der Waals surface area contributed by atoms with Crippen LogP contribution >= 0.6 is 0 Å². The van der Waals surface area contributed by atoms with E-state index in [-0.39, 0.29) is 17.3 Å². The van der Waals surface area contributed by atoms with Crippen LogP contribution in [0.4, 0.5) is 0 Å². The fourth-order valence-electron chi connectivity index (χ4n) is 4.13. The van der Waals surface area contributed by atoms with Crippen LogP contribution in [-0.4, -0.2) is 17.0 Å². The molecule has 0 bridgehead atoms. The molecule has 21 heavy (non-hydrogen) atoms. The first-order chi connectivity index (χ1) is 9.82. The summed E-state index contributed by atoms with van der Waals surface area (Å²) in [6.45, 7) is 8.45. The summed E-state index contributed by atoms with van der Waals surface area (Å²) in [5.41, 5.74) is 4.24. The number of carbonyl (C=O) groups excluding carboxylic acids is 1. The van der Waals surface area contributed by atoms with Gasteiger partial charge < -0.3 is 5.11 Å². The fraction of sp³-hybridized carbons (Fsp3) is 0.632. The Morgan fingerprint density at radius 3 is 2.67 bits per heavy atom. The molecule has 0 unspecified atom stereocenters. The standard InChI is InChI=1S/C19H26O2/c1-11-8-13-6-5-7-14(13)18(21)12(2)9-15-16(10-17(11)20)19(15,3)4/h8-9,15-17,20H,5-7,10H2,1-4H3/b11-8+,12-9+/t15-,16+,17-/m1/s1. The van der Waals surface area contributed by atoms with E-state index in [1.165, 1.54) is 0 Å². The van der Waals surface area contributed by atoms with Gasteiger partial charge in [-0.05, 0) is 73.5 Å². The lowest BCUT2D eigenvalue weighted by molar-refractivity contribution is -0.112. The molecule has 0 heterocycles. The number of ketones is 1. The molecule has 2 nitrogen and oxygen atoms in total. The Balaban J connectivity index is 2.04. The Kier molecular flexibility index (Phi) is 3.48. The zero-order chi connectivity index (χ0) is 15.4. The van der Waals surface area contributed by atoms with Crippen LogP contribution in [0.3, 0.4) is 0 Å². The van der Waals surface area contributed by atoms with E-state index >= 15 is 0 Å². The molecule has 0 radical (unpaired) electrons. The van der Waals surface area contributed by atoms with Crippen molar-refractivity contribution in [3.05, 3.63) is 34.4 Å². The number of fused-ring (bicyclic) bond motifs is 1. The molecule has 0 aromatic rings. The number of allylic oxidation sites excluding steroid dienone is 5. The van der Waals surface area contributed by atoms with Crippen molar-refractivity contribution in [2.75, 3.05) is 0 Å². The molecule has 0 aromatic heterocycles. The van der Waals surface area contributed by atoms with Gasteiger partial charge in [-0.3, -0.25) is 4.79 Å². The smallest absolute Gasteiger partial charge is 0.184 e. The quantitative estimate of drug-likeness (QED) is 0.731. The minimum absolute atomic E-state index is 0.203. The Morgan fingerprint density at radius 1 is 1.24 bits per heavy atom. The van der Waals surface area contributed by atoms with Gasteiger partial charge in [0.05, 0.1) is 6.10 Å². The van der Waals surface area contributed by atoms with E-state index in [4.69, 9.17) is 0 Å². The van der Waals surface area contributed by atoms with E-state index < -0.39 is 0 Å². The van der Waals surface area contributed by atoms with Gasteiger partial charge in [0.15, 0.2) is 5.78 Å². The van der Waals surface area contributed by atoms with E-state index in [0.717, 1.165) is 48.0 Å². The zero-order valence-corrected chi connectivity index (χ0v) is 13.6. The van der Waals surface area contributed by atoms with Crippen molar-refractivity contribution in [2.45, 2.75) is 59.5 Å². The maximum atomic E-state index is 12.7. The molecule has 0 aliphatic heterocycles. The van der Waals surface area contributed by atoms with Crippen LogP contribution in [0.25, 0.3) is 0 Å². The lowest BCUT2D eigenvalue weighted by atomic mass is 9.96. The molecule has 0 aromatic carbocycles. The maximum absolute atomic E-state index is 12.7. The van der Waals surface area contributed by atoms with Crippen molar-refractivity contribution in [2.24, 2.45) is 17.3 Å². The minimum Gasteiger partial charge on any atom is -0.389 e. The number of rotatable bonds is 0. The summed E-state index contributed by atoms with van der Waals surface area (Å²) in [6.07, 6.45) is 7.59. The molecule has 114 valence electrons. The highest BCUT2D eigenvalue weighted by Crippen LogP contribution is 2.61. The molecule has 3 atom stereocenters. The topological polar surface area (TPSA) is 37.3 Å². The largest absolute Gasteiger partial charge is 0.389 e. The number of hydrogen-bond donors (Lipinski definition) is 1. The Labute approximate surface area is 127 Å². The molecule has 3 rings (SSSR count). The first kappa shape index (κ1) is 14.8. The molecule has 0 saturated heterocycles. The van der Waals surface area contributed by atoms with Crippen LogP contribution in [0.5, 0.6) is 0 Å². The van der Waals surface area contributed by atoms with Gasteiger partial charge in [0.2, 0.25) is 0 Å². The second-order valence-corrected chi connectivity index (χ2v) is 7.63. The van der Waals surface area contributed by atoms with Gasteiger partial charge >= 0.3 is 0 Å². The lowest BCUT2D eigenvalue weighted by Gasteiger charge is -2.13. The molecule has 1 fully saturated rings. The van der Waals surface area contributed by atoms with Crippen LogP contribution in [-0.2, 0) is 4.79 Å². The zero-order valence-electron chi connectivity index (χ0n) is 13.6. The van der Waals surface area contributed by atoms with Gasteiger partial charge in [-0.2, -0.15) is 0 Å². The van der Waals surface area contributed by atoms with E-state index in [9.17, 15) is 9.90 Å². The van der Waals surface area contributed by atoms with Crippen LogP contribution in [0.1, 0.15) is 53.4 Å². The number of hydrogen-bond acceptors (Lipinski definition) is 2. The third-order valence-electron chi connectivity index (χ3n) is 5.87. The molecule has 3 aliphatic rings. The number of aliphatic hydroxyl groups excluding tert-OH is 1. The van der Waals surface area contributed by atoms with Crippen LogP contribution < -0.4 is 0 Å². The minimum atomic E-state index is -0.379. The third-order valence-corrected chi connectivity index (χ3v) is 5.87. The van der Waals surface area contributed by atoms with Gasteiger partial charge in [0.1, 0.15) is 0 Å². The van der Waals surface area contributed by atoms with Crippen molar-refractivity contribution in [1.29, 1.82) is 0 Å². The van der Waals surface area contributed by atoms with Crippen LogP contribution in [0.15, 0.2) is 34.4 Å². The van der Waals surface area contributed by atoms with Crippen LogP contribution in [0.2, 0.25) is 0 Å². The second kappa shape index (κ2) is 4.95. The van der Waals surface area contributed by atoms with Crippen molar-refractivity contribution in [3.8, 4) is 0 Å². The number of aliphatic hydroxyl groups is 1. The Bertz CT molecular complexity index is 574. The number of carbonyl (C=O) groups is 1. The first-order valence-corrected chi connectivity index (χ1v) is 8.13. The summed E-state index contributed by atoms with van der Waals surface area (Å²) in [6, 6.07) is 0. The van der Waals surface area contributed by atoms with Crippen molar-refractivity contribution in [1.82, 2.24) is 0 Å². The Morgan fingerprint density at radius 2 is 1.95 bits per heavy atom. The summed E-state index contributed by atoms with van der Waals surface area (Å²) in [4.78, 5) is 12.7. The number of Topliss-reactive ketones (excluding diaryl/α,β-unsaturated/α-hetero) is 1. The molecule has 0 amide bonds. The third kappa shape index (κ3) is 2.44. The van der Waals surface area contributed by atoms with Crippen molar-refractivity contribution < 1.29 is 9.90 Å². The van der Waals surface area contributed by atoms with E-state index in [1.807, 2.05) is 13.8 Å². The monoisotopic (exact) mass is 286 g/mol. The van der Waals surface area contributed by atoms with E-state index in [1.54, 1.807) is 0 Å². The van der Waals surface area contributed by atoms with E-state index in [2.05, 4.69) is 26.0 Å². The summed E-state index contributed by atoms with van der Waals surface area (Å²) < 4.78 is 0. The normalized spacial score (nSPS) is 40.4. The summed E-state index contributed by atoms with van der Waals surface area (Å²) >= 11 is 0. The van der Waals surface area contributed by atoms with Crippen molar-refractivity contribution >= 4 is 5.78 Å². The predicted molar refractivity (Wildman–Crippen MR) is 84.8 cm³/mol. The molecule has 0 spiro atoms. The SMILES string of the molecule is C/C1=C\[C@@H]2[C@H](C[C@@H](O)/C(C)=C/C3=C(CCC3)C1=O)C2(C)C. The maximum Gasteiger partial charge on any atom is 0.184 e. The van der Waals surface area contributed by atoms with Crippen LogP contribution in [0, 0.1) is 17.3 Å². The second-order valence-electron chi connectivity index (χ2n) is 7.63. The lowest BCUT2D eigenvalue weighted by Crippen LogP contribution is -2.11. The summed E-state index contributed by atoms with van der Waals surface area (Å²) in [7, 11) is 0. The first-order valence-electron chi connectivity index (χ1n) is 8.13. The molecule has 3 aliphatic carbocycles. The highest BCUT2D eigenvalue weighted by molar-refractivity contribution is 6.09. The van der Waals surface area contributed by atoms with Gasteiger partial charge in [-0.1, -0.05) is 26.0 Å². The van der Waals surface area contributed by atoms with E-state index in [0.29, 0.717) is 11.8 Å². The highest BCUT2D eigenvalue weighted by Gasteiger charge is 2.56. The average Bonchev–Trinajstić information content (AvgIpc) is 2.80. The Hall–Kier alpha value is -1.15. The van der Waals surface area contributed by atoms with Gasteiger partial charge in [0, 0.05) is 5.57 Å². The highest BCUT2D eigenvalue weighted by atomic mass is 16.3. The fourth-order valence-corrected chi connectivity index (χ4v) is 4.13. The average molecular weight is 286 g/mol. The molecular formula is C19H26O2. The van der Waals surface area contributed by atoms with Gasteiger partial charge in [-0.25, -0.2) is 0 Å². The molecular weight excluding hydrogens is 260 g/mol. The molecule has 1 saturated carbocycles. The van der Waals surface area contributed by atoms with Gasteiger partial charge in [-0.15, -0.1) is 0 Å². The summed E-state index contributed by atoms with van der Waals surface area (Å²) in [5.74, 6) is 1.13. The summed E-state index contributed by atoms with van der Waals surface area (Å²) in [5, 5.41) is 10.5. The van der Waals surface area contributed by atoms with Crippen molar-refractivity contribution in [3.63, 3.8) is 0 Å². The predicted octanol–water partition coefficient (Wildman–Crippen LogP) is 3.97. The molecule has 2 heteroatoms.